The summed E-state index contributed by atoms with van der Waals surface area (Å²) < 4.78 is 15.6. The Kier molecular flexibility index (Phi) is 5.30. The first-order valence-corrected chi connectivity index (χ1v) is 12.4. The highest BCUT2D eigenvalue weighted by Crippen LogP contribution is 2.40. The van der Waals surface area contributed by atoms with Gasteiger partial charge in [0.2, 0.25) is 0 Å². The monoisotopic (exact) mass is 477 g/mol. The predicted octanol–water partition coefficient (Wildman–Crippen LogP) is 4.05. The third-order valence-corrected chi connectivity index (χ3v) is 7.85. The van der Waals surface area contributed by atoms with Crippen molar-refractivity contribution in [1.29, 1.82) is 0 Å². The number of amides is 2. The van der Waals surface area contributed by atoms with Crippen LogP contribution in [0.5, 0.6) is 0 Å². The quantitative estimate of drug-likeness (QED) is 0.366. The number of H-pyrrole nitrogens is 1. The van der Waals surface area contributed by atoms with Gasteiger partial charge >= 0.3 is 0 Å². The first-order chi connectivity index (χ1) is 16.7. The van der Waals surface area contributed by atoms with Crippen LogP contribution in [0.2, 0.25) is 0 Å². The molecule has 3 N–H and O–H groups in total. The van der Waals surface area contributed by atoms with Gasteiger partial charge in [-0.1, -0.05) is 18.2 Å². The summed E-state index contributed by atoms with van der Waals surface area (Å²) in [4.78, 5) is 30.2. The number of nitrogens with zero attached hydrogens (tertiary/aromatic N) is 2. The number of thiophene rings is 1. The number of hydrogen-bond donors (Lipinski definition) is 3. The van der Waals surface area contributed by atoms with E-state index in [1.165, 1.54) is 0 Å². The fourth-order valence-electron chi connectivity index (χ4n) is 5.42. The van der Waals surface area contributed by atoms with Gasteiger partial charge in [0.1, 0.15) is 10.5 Å². The van der Waals surface area contributed by atoms with E-state index in [0.717, 1.165) is 47.1 Å². The summed E-state index contributed by atoms with van der Waals surface area (Å²) in [7, 11) is 0. The summed E-state index contributed by atoms with van der Waals surface area (Å²) in [6.45, 7) is 1.36. The van der Waals surface area contributed by atoms with Crippen LogP contribution in [0.15, 0.2) is 41.9 Å². The summed E-state index contributed by atoms with van der Waals surface area (Å²) in [5, 5.41) is 14.4. The van der Waals surface area contributed by atoms with Crippen molar-refractivity contribution in [2.24, 2.45) is 5.92 Å². The van der Waals surface area contributed by atoms with Crippen molar-refractivity contribution >= 4 is 55.4 Å². The first kappa shape index (κ1) is 21.2. The van der Waals surface area contributed by atoms with Crippen molar-refractivity contribution in [2.75, 3.05) is 19.8 Å². The van der Waals surface area contributed by atoms with E-state index in [1.807, 2.05) is 40.4 Å². The lowest BCUT2D eigenvalue weighted by Gasteiger charge is -2.31. The van der Waals surface area contributed by atoms with Crippen LogP contribution in [0, 0.1) is 5.92 Å². The molecule has 0 radical (unpaired) electrons. The number of aromatic nitrogens is 3. The van der Waals surface area contributed by atoms with E-state index >= 15 is 0 Å². The molecule has 1 aromatic carbocycles. The first-order valence-electron chi connectivity index (χ1n) is 11.6. The number of halogens is 1. The molecule has 1 unspecified atom stereocenters. The van der Waals surface area contributed by atoms with E-state index < -0.39 is 18.5 Å². The van der Waals surface area contributed by atoms with Crippen molar-refractivity contribution in [2.45, 2.75) is 25.3 Å². The standard InChI is InChI=1S/C25H24FN5O2S/c26-9-5-18(14-6-10-27-11-7-14)31-19-4-2-1-3-16(19)22(30-31)21-20(23(32)29-24(21)33)17-13-28-25-15(17)8-12-34-25/h1-4,8,12-14,18,27-28H,5-7,9-11H2,(H,29,32,33). The highest BCUT2D eigenvalue weighted by molar-refractivity contribution is 7.16. The van der Waals surface area contributed by atoms with E-state index in [2.05, 4.69) is 15.6 Å². The molecule has 0 spiro atoms. The number of piperidine rings is 1. The number of carbonyl (C=O) groups excluding carboxylic acids is 2. The largest absolute Gasteiger partial charge is 0.352 e. The third-order valence-electron chi connectivity index (χ3n) is 7.00. The molecule has 1 saturated heterocycles. The van der Waals surface area contributed by atoms with Crippen molar-refractivity contribution in [1.82, 2.24) is 25.4 Å². The van der Waals surface area contributed by atoms with Crippen LogP contribution in [-0.2, 0) is 9.59 Å². The minimum atomic E-state index is -0.455. The zero-order valence-corrected chi connectivity index (χ0v) is 19.3. The second-order valence-electron chi connectivity index (χ2n) is 8.84. The van der Waals surface area contributed by atoms with Crippen LogP contribution >= 0.6 is 11.3 Å². The normalized spacial score (nSPS) is 18.4. The molecule has 0 bridgehead atoms. The number of fused-ring (bicyclic) bond motifs is 2. The molecular weight excluding hydrogens is 453 g/mol. The van der Waals surface area contributed by atoms with Gasteiger partial charge in [0, 0.05) is 22.5 Å². The van der Waals surface area contributed by atoms with E-state index in [-0.39, 0.29) is 17.5 Å². The summed E-state index contributed by atoms with van der Waals surface area (Å²) in [5.74, 6) is -0.593. The van der Waals surface area contributed by atoms with Gasteiger partial charge in [-0.2, -0.15) is 5.10 Å². The molecule has 2 aliphatic heterocycles. The van der Waals surface area contributed by atoms with E-state index in [9.17, 15) is 14.0 Å². The minimum absolute atomic E-state index is 0.120. The lowest BCUT2D eigenvalue weighted by atomic mass is 9.88. The Labute approximate surface area is 199 Å². The Bertz CT molecular complexity index is 1440. The average molecular weight is 478 g/mol. The van der Waals surface area contributed by atoms with Crippen molar-refractivity contribution in [3.05, 3.63) is 53.2 Å². The predicted molar refractivity (Wildman–Crippen MR) is 131 cm³/mol. The molecule has 174 valence electrons. The summed E-state index contributed by atoms with van der Waals surface area (Å²) in [6.07, 6.45) is 4.02. The lowest BCUT2D eigenvalue weighted by Crippen LogP contribution is -2.33. The molecule has 4 aromatic rings. The highest BCUT2D eigenvalue weighted by atomic mass is 32.1. The lowest BCUT2D eigenvalue weighted by molar-refractivity contribution is -0.122. The Hall–Kier alpha value is -3.30. The van der Waals surface area contributed by atoms with E-state index in [4.69, 9.17) is 5.10 Å². The Morgan fingerprint density at radius 3 is 2.71 bits per heavy atom. The van der Waals surface area contributed by atoms with Crippen LogP contribution in [0.3, 0.4) is 0 Å². The van der Waals surface area contributed by atoms with Crippen LogP contribution in [0.25, 0.3) is 32.3 Å². The molecule has 5 heterocycles. The molecule has 0 saturated carbocycles. The summed E-state index contributed by atoms with van der Waals surface area (Å²) >= 11 is 1.54. The van der Waals surface area contributed by atoms with Gasteiger partial charge in [-0.3, -0.25) is 24.0 Å². The number of alkyl halides is 1. The van der Waals surface area contributed by atoms with Gasteiger partial charge < -0.3 is 10.3 Å². The zero-order valence-electron chi connectivity index (χ0n) is 18.4. The molecule has 9 heteroatoms. The maximum atomic E-state index is 13.7. The third kappa shape index (κ3) is 3.30. The molecule has 2 aliphatic rings. The van der Waals surface area contributed by atoms with Gasteiger partial charge in [-0.05, 0) is 55.8 Å². The Morgan fingerprint density at radius 2 is 1.88 bits per heavy atom. The Balaban J connectivity index is 1.57. The van der Waals surface area contributed by atoms with Gasteiger partial charge in [0.05, 0.1) is 29.4 Å². The smallest absolute Gasteiger partial charge is 0.261 e. The van der Waals surface area contributed by atoms with Gasteiger partial charge in [0.15, 0.2) is 0 Å². The maximum Gasteiger partial charge on any atom is 0.261 e. The molecule has 34 heavy (non-hydrogen) atoms. The molecule has 6 rings (SSSR count). The van der Waals surface area contributed by atoms with Crippen molar-refractivity contribution in [3.63, 3.8) is 0 Å². The molecule has 2 amide bonds. The highest BCUT2D eigenvalue weighted by Gasteiger charge is 2.37. The van der Waals surface area contributed by atoms with Gasteiger partial charge in [-0.15, -0.1) is 11.3 Å². The van der Waals surface area contributed by atoms with Crippen LogP contribution in [0.1, 0.15) is 36.6 Å². The van der Waals surface area contributed by atoms with E-state index in [0.29, 0.717) is 23.3 Å². The summed E-state index contributed by atoms with van der Waals surface area (Å²) in [5.41, 5.74) is 2.61. The number of carbonyl (C=O) groups is 2. The zero-order chi connectivity index (χ0) is 23.2. The Morgan fingerprint density at radius 1 is 1.09 bits per heavy atom. The fourth-order valence-corrected chi connectivity index (χ4v) is 6.19. The minimum Gasteiger partial charge on any atom is -0.352 e. The number of para-hydroxylation sites is 1. The van der Waals surface area contributed by atoms with Crippen molar-refractivity contribution < 1.29 is 14.0 Å². The summed E-state index contributed by atoms with van der Waals surface area (Å²) in [6, 6.07) is 9.52. The molecule has 1 atom stereocenters. The van der Waals surface area contributed by atoms with Crippen LogP contribution < -0.4 is 10.6 Å². The van der Waals surface area contributed by atoms with Gasteiger partial charge in [-0.25, -0.2) is 0 Å². The second kappa shape index (κ2) is 8.48. The van der Waals surface area contributed by atoms with Crippen LogP contribution in [-0.4, -0.2) is 46.3 Å². The average Bonchev–Trinajstić information content (AvgIpc) is 3.61. The molecular formula is C25H24FN5O2S. The molecule has 0 aliphatic carbocycles. The molecule has 1 fully saturated rings. The number of aromatic amines is 1. The SMILES string of the molecule is O=C1NC(=O)C(c2nn(C(CCF)C3CCNCC3)c3ccccc23)=C1c1c[nH]c2sccc12. The van der Waals surface area contributed by atoms with E-state index in [1.54, 1.807) is 17.5 Å². The molecule has 3 aromatic heterocycles. The molecule has 7 nitrogen and oxygen atoms in total. The number of nitrogens with one attached hydrogen (secondary N) is 3. The second-order valence-corrected chi connectivity index (χ2v) is 9.76. The number of rotatable bonds is 6. The van der Waals surface area contributed by atoms with Crippen LogP contribution in [0.4, 0.5) is 4.39 Å². The topological polar surface area (TPSA) is 91.8 Å². The number of imide groups is 1. The number of benzene rings is 1. The number of hydrogen-bond acceptors (Lipinski definition) is 5. The fraction of sp³-hybridized carbons (Fsp3) is 0.320. The van der Waals surface area contributed by atoms with Crippen molar-refractivity contribution in [3.8, 4) is 0 Å². The van der Waals surface area contributed by atoms with Gasteiger partial charge in [0.25, 0.3) is 11.8 Å². The maximum absolute atomic E-state index is 13.7.